The fraction of sp³-hybridized carbons (Fsp3) is 0.846. The summed E-state index contributed by atoms with van der Waals surface area (Å²) in [5, 5.41) is 11.5. The third-order valence-corrected chi connectivity index (χ3v) is 4.16. The van der Waals surface area contributed by atoms with Gasteiger partial charge in [0.1, 0.15) is 0 Å². The standard InChI is InChI=1S/C13H22N2O3/c1-15(8-2-3-11(16)17)12(18)14-9-13(6-7-13)10-4-5-10/h10H,2-9H2,1H3,(H,14,18)(H,16,17). The maximum Gasteiger partial charge on any atom is 0.317 e. The Hall–Kier alpha value is -1.26. The minimum Gasteiger partial charge on any atom is -0.481 e. The molecule has 0 bridgehead atoms. The minimum absolute atomic E-state index is 0.0766. The maximum atomic E-state index is 11.8. The van der Waals surface area contributed by atoms with Gasteiger partial charge in [0.2, 0.25) is 0 Å². The molecule has 0 atom stereocenters. The lowest BCUT2D eigenvalue weighted by Crippen LogP contribution is -2.41. The third-order valence-electron chi connectivity index (χ3n) is 4.16. The molecule has 5 nitrogen and oxygen atoms in total. The van der Waals surface area contributed by atoms with Crippen molar-refractivity contribution in [3.63, 3.8) is 0 Å². The van der Waals surface area contributed by atoms with E-state index in [9.17, 15) is 9.59 Å². The third kappa shape index (κ3) is 3.37. The van der Waals surface area contributed by atoms with Gasteiger partial charge < -0.3 is 15.3 Å². The highest BCUT2D eigenvalue weighted by molar-refractivity contribution is 5.74. The normalized spacial score (nSPS) is 20.3. The Morgan fingerprint density at radius 3 is 2.56 bits per heavy atom. The Morgan fingerprint density at radius 2 is 2.06 bits per heavy atom. The van der Waals surface area contributed by atoms with Gasteiger partial charge in [-0.1, -0.05) is 0 Å². The molecule has 0 spiro atoms. The second kappa shape index (κ2) is 5.16. The van der Waals surface area contributed by atoms with Crippen LogP contribution in [0.25, 0.3) is 0 Å². The first-order valence-corrected chi connectivity index (χ1v) is 6.74. The lowest BCUT2D eigenvalue weighted by Gasteiger charge is -2.20. The Balaban J connectivity index is 1.63. The van der Waals surface area contributed by atoms with Crippen LogP contribution in [-0.4, -0.2) is 42.1 Å². The molecule has 2 aliphatic carbocycles. The molecule has 0 saturated heterocycles. The van der Waals surface area contributed by atoms with Crippen LogP contribution >= 0.6 is 0 Å². The average Bonchev–Trinajstić information content (AvgIpc) is 3.14. The topological polar surface area (TPSA) is 69.6 Å². The van der Waals surface area contributed by atoms with Crippen LogP contribution in [0.4, 0.5) is 4.79 Å². The van der Waals surface area contributed by atoms with Crippen LogP contribution in [-0.2, 0) is 4.79 Å². The number of hydrogen-bond acceptors (Lipinski definition) is 2. The van der Waals surface area contributed by atoms with Crippen LogP contribution in [0.2, 0.25) is 0 Å². The Kier molecular flexibility index (Phi) is 3.78. The van der Waals surface area contributed by atoms with Crippen LogP contribution in [0.1, 0.15) is 38.5 Å². The van der Waals surface area contributed by atoms with Crippen molar-refractivity contribution in [2.45, 2.75) is 38.5 Å². The van der Waals surface area contributed by atoms with Gasteiger partial charge in [0.15, 0.2) is 0 Å². The summed E-state index contributed by atoms with van der Waals surface area (Å²) in [4.78, 5) is 23.8. The first-order chi connectivity index (χ1) is 8.53. The van der Waals surface area contributed by atoms with Gasteiger partial charge >= 0.3 is 12.0 Å². The molecule has 2 rings (SSSR count). The fourth-order valence-electron chi connectivity index (χ4n) is 2.54. The number of carbonyl (C=O) groups excluding carboxylic acids is 1. The lowest BCUT2D eigenvalue weighted by atomic mass is 10.0. The average molecular weight is 254 g/mol. The van der Waals surface area contributed by atoms with Crippen LogP contribution in [0.5, 0.6) is 0 Å². The van der Waals surface area contributed by atoms with Gasteiger partial charge in [-0.05, 0) is 43.4 Å². The molecule has 0 radical (unpaired) electrons. The van der Waals surface area contributed by atoms with E-state index in [4.69, 9.17) is 5.11 Å². The number of carbonyl (C=O) groups is 2. The molecule has 0 aromatic carbocycles. The predicted octanol–water partition coefficient (Wildman–Crippen LogP) is 1.68. The van der Waals surface area contributed by atoms with Gasteiger partial charge in [-0.2, -0.15) is 0 Å². The number of rotatable bonds is 7. The molecule has 0 aliphatic heterocycles. The summed E-state index contributed by atoms with van der Waals surface area (Å²) in [6.45, 7) is 1.29. The fourth-order valence-corrected chi connectivity index (χ4v) is 2.54. The lowest BCUT2D eigenvalue weighted by molar-refractivity contribution is -0.137. The summed E-state index contributed by atoms with van der Waals surface area (Å²) in [6, 6.07) is -0.0766. The molecule has 5 heteroatoms. The van der Waals surface area contributed by atoms with Crippen molar-refractivity contribution in [2.75, 3.05) is 20.1 Å². The largest absolute Gasteiger partial charge is 0.481 e. The van der Waals surface area contributed by atoms with Crippen molar-refractivity contribution in [3.05, 3.63) is 0 Å². The van der Waals surface area contributed by atoms with E-state index in [1.807, 2.05) is 0 Å². The molecule has 2 aliphatic rings. The van der Waals surface area contributed by atoms with Gasteiger partial charge in [0.25, 0.3) is 0 Å². The quantitative estimate of drug-likeness (QED) is 0.726. The van der Waals surface area contributed by atoms with Gasteiger partial charge in [0, 0.05) is 26.6 Å². The molecule has 2 amide bonds. The molecule has 2 fully saturated rings. The van der Waals surface area contributed by atoms with E-state index >= 15 is 0 Å². The smallest absolute Gasteiger partial charge is 0.317 e. The van der Waals surface area contributed by atoms with E-state index in [0.717, 1.165) is 12.5 Å². The second-order valence-corrected chi connectivity index (χ2v) is 5.71. The molecule has 2 N–H and O–H groups in total. The van der Waals surface area contributed by atoms with E-state index in [1.165, 1.54) is 25.7 Å². The second-order valence-electron chi connectivity index (χ2n) is 5.71. The number of nitrogens with zero attached hydrogens (tertiary/aromatic N) is 1. The number of amides is 2. The van der Waals surface area contributed by atoms with Gasteiger partial charge in [0.05, 0.1) is 0 Å². The monoisotopic (exact) mass is 254 g/mol. The highest BCUT2D eigenvalue weighted by Crippen LogP contribution is 2.60. The Morgan fingerprint density at radius 1 is 1.39 bits per heavy atom. The van der Waals surface area contributed by atoms with E-state index in [0.29, 0.717) is 18.4 Å². The first kappa shape index (κ1) is 13.2. The summed E-state index contributed by atoms with van der Waals surface area (Å²) in [7, 11) is 1.72. The highest BCUT2D eigenvalue weighted by atomic mass is 16.4. The Labute approximate surface area is 108 Å². The Bertz CT molecular complexity index is 335. The van der Waals surface area contributed by atoms with Crippen molar-refractivity contribution < 1.29 is 14.7 Å². The van der Waals surface area contributed by atoms with E-state index in [-0.39, 0.29) is 12.5 Å². The zero-order valence-corrected chi connectivity index (χ0v) is 10.9. The molecule has 0 aromatic heterocycles. The molecular formula is C13H22N2O3. The van der Waals surface area contributed by atoms with E-state index < -0.39 is 5.97 Å². The van der Waals surface area contributed by atoms with Crippen LogP contribution in [0.3, 0.4) is 0 Å². The molecule has 0 aromatic rings. The first-order valence-electron chi connectivity index (χ1n) is 6.74. The van der Waals surface area contributed by atoms with Gasteiger partial charge in [-0.15, -0.1) is 0 Å². The summed E-state index contributed by atoms with van der Waals surface area (Å²) in [6.07, 6.45) is 5.77. The van der Waals surface area contributed by atoms with E-state index in [1.54, 1.807) is 11.9 Å². The number of urea groups is 1. The molecule has 102 valence electrons. The van der Waals surface area contributed by atoms with Crippen molar-refractivity contribution in [1.82, 2.24) is 10.2 Å². The number of carboxylic acid groups (broad SMARTS) is 1. The van der Waals surface area contributed by atoms with Crippen molar-refractivity contribution in [1.29, 1.82) is 0 Å². The van der Waals surface area contributed by atoms with Crippen LogP contribution in [0, 0.1) is 11.3 Å². The summed E-state index contributed by atoms with van der Waals surface area (Å²) >= 11 is 0. The molecule has 0 heterocycles. The van der Waals surface area contributed by atoms with Crippen LogP contribution in [0.15, 0.2) is 0 Å². The zero-order chi connectivity index (χ0) is 13.2. The van der Waals surface area contributed by atoms with Crippen molar-refractivity contribution in [3.8, 4) is 0 Å². The van der Waals surface area contributed by atoms with Crippen molar-refractivity contribution >= 4 is 12.0 Å². The number of nitrogens with one attached hydrogen (secondary N) is 1. The zero-order valence-electron chi connectivity index (χ0n) is 10.9. The summed E-state index contributed by atoms with van der Waals surface area (Å²) in [5.41, 5.74) is 0.414. The summed E-state index contributed by atoms with van der Waals surface area (Å²) in [5.74, 6) is 0.0320. The minimum atomic E-state index is -0.811. The van der Waals surface area contributed by atoms with Gasteiger partial charge in [-0.25, -0.2) is 4.79 Å². The molecule has 2 saturated carbocycles. The SMILES string of the molecule is CN(CCCC(=O)O)C(=O)NCC1(C2CC2)CC1. The number of hydrogen-bond donors (Lipinski definition) is 2. The van der Waals surface area contributed by atoms with E-state index in [2.05, 4.69) is 5.32 Å². The van der Waals surface area contributed by atoms with Crippen LogP contribution < -0.4 is 5.32 Å². The number of carboxylic acids is 1. The highest BCUT2D eigenvalue weighted by Gasteiger charge is 2.53. The molecule has 0 unspecified atom stereocenters. The predicted molar refractivity (Wildman–Crippen MR) is 67.3 cm³/mol. The van der Waals surface area contributed by atoms with Gasteiger partial charge in [-0.3, -0.25) is 4.79 Å². The maximum absolute atomic E-state index is 11.8. The van der Waals surface area contributed by atoms with Crippen molar-refractivity contribution in [2.24, 2.45) is 11.3 Å². The number of aliphatic carboxylic acids is 1. The summed E-state index contributed by atoms with van der Waals surface area (Å²) < 4.78 is 0. The molecular weight excluding hydrogens is 232 g/mol. The molecule has 18 heavy (non-hydrogen) atoms.